The maximum absolute atomic E-state index is 13.9. The van der Waals surface area contributed by atoms with Crippen molar-refractivity contribution >= 4 is 23.6 Å². The van der Waals surface area contributed by atoms with Crippen LogP contribution in [0.2, 0.25) is 0 Å². The normalized spacial score (nSPS) is 20.6. The maximum Gasteiger partial charge on any atom is 0.245 e. The summed E-state index contributed by atoms with van der Waals surface area (Å²) in [4.78, 5) is 58.1. The number of rotatable bonds is 16. The van der Waals surface area contributed by atoms with Crippen molar-refractivity contribution in [3.8, 4) is 0 Å². The lowest BCUT2D eigenvalue weighted by molar-refractivity contribution is -0.147. The van der Waals surface area contributed by atoms with Crippen molar-refractivity contribution in [2.24, 2.45) is 17.8 Å². The maximum atomic E-state index is 13.9. The zero-order valence-electron chi connectivity index (χ0n) is 27.5. The molecule has 4 amide bonds. The van der Waals surface area contributed by atoms with Gasteiger partial charge in [0.2, 0.25) is 23.6 Å². The number of amides is 4. The minimum Gasteiger partial charge on any atom is -0.379 e. The third kappa shape index (κ3) is 9.38. The van der Waals surface area contributed by atoms with Crippen LogP contribution in [0, 0.1) is 17.8 Å². The molecule has 0 unspecified atom stereocenters. The Hall–Kier alpha value is -2.24. The van der Waals surface area contributed by atoms with Crippen molar-refractivity contribution in [2.75, 3.05) is 49.0 Å². The minimum absolute atomic E-state index is 0.0280. The van der Waals surface area contributed by atoms with Crippen LogP contribution in [0.15, 0.2) is 0 Å². The topological polar surface area (TPSA) is 121 Å². The van der Waals surface area contributed by atoms with E-state index in [9.17, 15) is 19.2 Å². The molecule has 1 saturated heterocycles. The van der Waals surface area contributed by atoms with Gasteiger partial charge >= 0.3 is 0 Å². The van der Waals surface area contributed by atoms with Crippen LogP contribution in [0.4, 0.5) is 0 Å². The number of nitrogens with one attached hydrogen (secondary N) is 2. The second-order valence-electron chi connectivity index (χ2n) is 12.1. The third-order valence-electron chi connectivity index (χ3n) is 8.89. The van der Waals surface area contributed by atoms with E-state index >= 15 is 0 Å². The lowest BCUT2D eigenvalue weighted by atomic mass is 9.89. The van der Waals surface area contributed by atoms with E-state index in [0.717, 1.165) is 19.3 Å². The summed E-state index contributed by atoms with van der Waals surface area (Å²) in [6, 6.07) is -1.72. The van der Waals surface area contributed by atoms with Crippen LogP contribution in [0.25, 0.3) is 0 Å². The SMILES string of the molecule is CC[C@H](C)[C@@H]([C@@H](CC(=O)N1CCC[C@H]1[C@H](OC)[C@@H](C)C(=O)NC)OC)N(C)C(=O)[C@@H](NC(=O)[C@H](C)N(C)C)C(C)C. The van der Waals surface area contributed by atoms with E-state index in [2.05, 4.69) is 10.6 Å². The van der Waals surface area contributed by atoms with Crippen molar-refractivity contribution in [3.63, 3.8) is 0 Å². The predicted molar refractivity (Wildman–Crippen MR) is 160 cm³/mol. The number of likely N-dealkylation sites (tertiary alicyclic amines) is 1. The van der Waals surface area contributed by atoms with Crippen LogP contribution in [0.1, 0.15) is 67.2 Å². The van der Waals surface area contributed by atoms with Gasteiger partial charge in [-0.2, -0.15) is 0 Å². The van der Waals surface area contributed by atoms with Crippen LogP contribution in [-0.4, -0.2) is 124 Å². The van der Waals surface area contributed by atoms with Gasteiger partial charge in [0.15, 0.2) is 0 Å². The molecule has 0 spiro atoms. The van der Waals surface area contributed by atoms with Crippen LogP contribution >= 0.6 is 0 Å². The van der Waals surface area contributed by atoms with Crippen molar-refractivity contribution in [1.29, 1.82) is 0 Å². The molecule has 0 aliphatic carbocycles. The van der Waals surface area contributed by atoms with Crippen molar-refractivity contribution in [3.05, 3.63) is 0 Å². The molecule has 1 aliphatic heterocycles. The highest BCUT2D eigenvalue weighted by Gasteiger charge is 2.42. The summed E-state index contributed by atoms with van der Waals surface area (Å²) in [6.07, 6.45) is 1.43. The summed E-state index contributed by atoms with van der Waals surface area (Å²) in [5, 5.41) is 5.62. The molecule has 1 rings (SSSR count). The Morgan fingerprint density at radius 2 is 1.59 bits per heavy atom. The molecule has 0 aromatic carbocycles. The summed E-state index contributed by atoms with van der Waals surface area (Å²) in [7, 11) is 10.1. The molecule has 0 aromatic heterocycles. The molecule has 0 aromatic rings. The van der Waals surface area contributed by atoms with E-state index < -0.39 is 30.2 Å². The average Bonchev–Trinajstić information content (AvgIpc) is 3.43. The van der Waals surface area contributed by atoms with Crippen LogP contribution in [-0.2, 0) is 28.7 Å². The first kappa shape index (κ1) is 36.8. The Morgan fingerprint density at radius 1 is 0.976 bits per heavy atom. The number of likely N-dealkylation sites (N-methyl/N-ethyl adjacent to an activating group) is 2. The number of carbonyl (C=O) groups excluding carboxylic acids is 4. The van der Waals surface area contributed by atoms with Gasteiger partial charge in [-0.15, -0.1) is 0 Å². The molecule has 0 bridgehead atoms. The fraction of sp³-hybridized carbons (Fsp3) is 0.867. The molecule has 0 radical (unpaired) electrons. The minimum atomic E-state index is -0.716. The molecule has 11 nitrogen and oxygen atoms in total. The second-order valence-corrected chi connectivity index (χ2v) is 12.1. The summed E-state index contributed by atoms with van der Waals surface area (Å²) in [6.45, 7) is 12.1. The van der Waals surface area contributed by atoms with Gasteiger partial charge in [0.05, 0.1) is 42.7 Å². The zero-order valence-corrected chi connectivity index (χ0v) is 27.5. The third-order valence-corrected chi connectivity index (χ3v) is 8.89. The van der Waals surface area contributed by atoms with Crippen molar-refractivity contribution in [1.82, 2.24) is 25.3 Å². The van der Waals surface area contributed by atoms with E-state index in [4.69, 9.17) is 9.47 Å². The molecule has 238 valence electrons. The lowest BCUT2D eigenvalue weighted by Gasteiger charge is -2.41. The molecule has 1 fully saturated rings. The van der Waals surface area contributed by atoms with Gasteiger partial charge in [0.1, 0.15) is 6.04 Å². The molecule has 1 aliphatic rings. The fourth-order valence-electron chi connectivity index (χ4n) is 5.78. The first-order valence-electron chi connectivity index (χ1n) is 15.0. The molecule has 8 atom stereocenters. The number of hydrogen-bond donors (Lipinski definition) is 2. The van der Waals surface area contributed by atoms with E-state index in [-0.39, 0.29) is 54.0 Å². The van der Waals surface area contributed by atoms with Gasteiger partial charge in [-0.25, -0.2) is 0 Å². The standard InChI is InChI=1S/C30H57N5O6/c1-13-19(4)26(34(10)30(39)25(18(2)3)32-29(38)21(6)33(8)9)23(40-11)17-24(36)35-16-14-15-22(35)27(41-12)20(5)28(37)31-7/h18-23,25-27H,13-17H2,1-12H3,(H,31,37)(H,32,38)/t19-,20+,21-,22-,23+,25-,26-,27+/m0/s1. The molecule has 1 heterocycles. The Kier molecular flexibility index (Phi) is 15.3. The predicted octanol–water partition coefficient (Wildman–Crippen LogP) is 1.74. The quantitative estimate of drug-likeness (QED) is 0.284. The number of methoxy groups -OCH3 is 2. The second kappa shape index (κ2) is 17.0. The van der Waals surface area contributed by atoms with E-state index in [1.165, 1.54) is 0 Å². The zero-order chi connectivity index (χ0) is 31.6. The molecule has 11 heteroatoms. The van der Waals surface area contributed by atoms with Gasteiger partial charge in [0, 0.05) is 34.9 Å². The van der Waals surface area contributed by atoms with Gasteiger partial charge in [-0.1, -0.05) is 41.0 Å². The molecule has 2 N–H and O–H groups in total. The van der Waals surface area contributed by atoms with E-state index in [1.807, 2.05) is 53.6 Å². The van der Waals surface area contributed by atoms with E-state index in [1.54, 1.807) is 45.0 Å². The number of hydrogen-bond acceptors (Lipinski definition) is 7. The summed E-state index contributed by atoms with van der Waals surface area (Å²) in [5.41, 5.74) is 0. The van der Waals surface area contributed by atoms with Crippen LogP contribution in [0.3, 0.4) is 0 Å². The highest BCUT2D eigenvalue weighted by atomic mass is 16.5. The fourth-order valence-corrected chi connectivity index (χ4v) is 5.78. The number of carbonyl (C=O) groups is 4. The van der Waals surface area contributed by atoms with E-state index in [0.29, 0.717) is 6.54 Å². The largest absolute Gasteiger partial charge is 0.379 e. The van der Waals surface area contributed by atoms with Gasteiger partial charge in [0.25, 0.3) is 0 Å². The Balaban J connectivity index is 3.23. The van der Waals surface area contributed by atoms with Gasteiger partial charge in [-0.3, -0.25) is 24.1 Å². The van der Waals surface area contributed by atoms with Gasteiger partial charge in [-0.05, 0) is 45.7 Å². The molecular formula is C30H57N5O6. The Morgan fingerprint density at radius 3 is 2.05 bits per heavy atom. The van der Waals surface area contributed by atoms with Crippen LogP contribution in [0.5, 0.6) is 0 Å². The number of ether oxygens (including phenoxy) is 2. The molecule has 0 saturated carbocycles. The van der Waals surface area contributed by atoms with Crippen molar-refractivity contribution in [2.45, 2.75) is 104 Å². The van der Waals surface area contributed by atoms with Crippen LogP contribution < -0.4 is 10.6 Å². The van der Waals surface area contributed by atoms with Crippen molar-refractivity contribution < 1.29 is 28.7 Å². The highest BCUT2D eigenvalue weighted by Crippen LogP contribution is 2.29. The first-order valence-corrected chi connectivity index (χ1v) is 15.0. The highest BCUT2D eigenvalue weighted by molar-refractivity contribution is 5.90. The first-order chi connectivity index (χ1) is 19.2. The molecule has 41 heavy (non-hydrogen) atoms. The summed E-state index contributed by atoms with van der Waals surface area (Å²) < 4.78 is 11.7. The smallest absolute Gasteiger partial charge is 0.245 e. The summed E-state index contributed by atoms with van der Waals surface area (Å²) in [5.74, 6) is -1.17. The molecular weight excluding hydrogens is 526 g/mol. The van der Waals surface area contributed by atoms with Gasteiger partial charge < -0.3 is 29.9 Å². The Bertz CT molecular complexity index is 868. The average molecular weight is 584 g/mol. The summed E-state index contributed by atoms with van der Waals surface area (Å²) >= 11 is 0. The Labute approximate surface area is 248 Å². The lowest BCUT2D eigenvalue weighted by Crippen LogP contribution is -2.59. The number of nitrogens with zero attached hydrogens (tertiary/aromatic N) is 3. The monoisotopic (exact) mass is 583 g/mol.